The summed E-state index contributed by atoms with van der Waals surface area (Å²) >= 11 is 0. The molecule has 0 aromatic heterocycles. The van der Waals surface area contributed by atoms with Gasteiger partial charge in [-0.25, -0.2) is 0 Å². The Kier molecular flexibility index (Phi) is 12.0. The molecule has 0 radical (unpaired) electrons. The van der Waals surface area contributed by atoms with Crippen molar-refractivity contribution in [2.75, 3.05) is 6.61 Å². The highest BCUT2D eigenvalue weighted by molar-refractivity contribution is 6.78. The van der Waals surface area contributed by atoms with E-state index < -0.39 is 8.24 Å². The second kappa shape index (κ2) is 13.8. The molecule has 0 saturated heterocycles. The molecule has 6 atom stereocenters. The van der Waals surface area contributed by atoms with E-state index in [1.807, 2.05) is 0 Å². The van der Waals surface area contributed by atoms with Gasteiger partial charge in [0.2, 0.25) is 0 Å². The minimum atomic E-state index is -1.68. The molecule has 3 fully saturated rings. The van der Waals surface area contributed by atoms with Crippen LogP contribution in [0.15, 0.2) is 0 Å². The van der Waals surface area contributed by atoms with E-state index in [4.69, 9.17) is 4.74 Å². The fourth-order valence-corrected chi connectivity index (χ4v) is 16.2. The van der Waals surface area contributed by atoms with Crippen molar-refractivity contribution >= 4 is 8.24 Å². The highest BCUT2D eigenvalue weighted by Crippen LogP contribution is 2.62. The van der Waals surface area contributed by atoms with Gasteiger partial charge in [-0.1, -0.05) is 73.3 Å². The van der Waals surface area contributed by atoms with Crippen molar-refractivity contribution in [3.8, 4) is 0 Å². The van der Waals surface area contributed by atoms with Crippen LogP contribution in [0.1, 0.15) is 153 Å². The molecule has 1 N–H and O–H groups in total. The summed E-state index contributed by atoms with van der Waals surface area (Å²) in [6.45, 7) is 30.1. The molecule has 0 spiro atoms. The number of rotatable bonds is 11. The van der Waals surface area contributed by atoms with Crippen molar-refractivity contribution in [1.29, 1.82) is 0 Å². The van der Waals surface area contributed by atoms with Crippen molar-refractivity contribution in [3.63, 3.8) is 0 Å². The average Bonchev–Trinajstić information content (AvgIpc) is 3.22. The molecule has 2 nitrogen and oxygen atoms in total. The Balaban J connectivity index is 1.72. The zero-order valence-electron chi connectivity index (χ0n) is 29.4. The average molecular weight is 576 g/mol. The van der Waals surface area contributed by atoms with Crippen LogP contribution in [0.3, 0.4) is 0 Å². The lowest BCUT2D eigenvalue weighted by atomic mass is 9.61. The Morgan fingerprint density at radius 1 is 0.750 bits per heavy atom. The number of hydrogen-bond donors (Lipinski definition) is 1. The molecule has 0 bridgehead atoms. The zero-order chi connectivity index (χ0) is 29.9. The van der Waals surface area contributed by atoms with Crippen LogP contribution in [0.4, 0.5) is 0 Å². The largest absolute Gasteiger partial charge is 0.376 e. The van der Waals surface area contributed by atoms with Crippen molar-refractivity contribution < 1.29 is 4.74 Å². The Labute approximate surface area is 253 Å². The molecule has 0 aliphatic heterocycles. The van der Waals surface area contributed by atoms with Gasteiger partial charge in [-0.05, 0) is 145 Å². The molecule has 3 saturated carbocycles. The van der Waals surface area contributed by atoms with Gasteiger partial charge in [0, 0.05) is 12.1 Å². The van der Waals surface area contributed by atoms with Crippen molar-refractivity contribution in [2.45, 2.75) is 182 Å². The Bertz CT molecular complexity index is 750. The van der Waals surface area contributed by atoms with E-state index in [9.17, 15) is 0 Å². The summed E-state index contributed by atoms with van der Waals surface area (Å²) in [4.78, 5) is 4.45. The Hall–Kier alpha value is 0.137. The molecular weight excluding hydrogens is 502 g/mol. The van der Waals surface area contributed by atoms with Gasteiger partial charge in [0.25, 0.3) is 0 Å². The highest BCUT2D eigenvalue weighted by atomic mass is 28.3. The first kappa shape index (κ1) is 34.6. The van der Waals surface area contributed by atoms with E-state index in [0.29, 0.717) is 5.41 Å². The van der Waals surface area contributed by atoms with Gasteiger partial charge in [-0.3, -0.25) is 0 Å². The van der Waals surface area contributed by atoms with Gasteiger partial charge in [0.15, 0.2) is 0 Å². The second-order valence-corrected chi connectivity index (χ2v) is 22.7. The maximum absolute atomic E-state index is 6.00. The zero-order valence-corrected chi connectivity index (χ0v) is 30.4. The molecule has 0 heterocycles. The molecule has 236 valence electrons. The van der Waals surface area contributed by atoms with Crippen LogP contribution in [-0.4, -0.2) is 26.0 Å². The third-order valence-electron chi connectivity index (χ3n) is 11.6. The van der Waals surface area contributed by atoms with Crippen LogP contribution >= 0.6 is 0 Å². The van der Waals surface area contributed by atoms with Gasteiger partial charge in [-0.15, -0.1) is 0 Å². The molecule has 3 aliphatic carbocycles. The van der Waals surface area contributed by atoms with Crippen LogP contribution in [0.25, 0.3) is 0 Å². The number of fused-ring (bicyclic) bond motifs is 1. The fraction of sp³-hybridized carbons (Fsp3) is 1.00. The third kappa shape index (κ3) is 9.57. The lowest BCUT2D eigenvalue weighted by molar-refractivity contribution is -0.00471. The van der Waals surface area contributed by atoms with Gasteiger partial charge < -0.3 is 9.72 Å². The molecule has 3 aliphatic rings. The maximum atomic E-state index is 6.00. The van der Waals surface area contributed by atoms with E-state index in [-0.39, 0.29) is 11.1 Å². The molecule has 3 heteroatoms. The van der Waals surface area contributed by atoms with Crippen molar-refractivity contribution in [3.05, 3.63) is 0 Å². The van der Waals surface area contributed by atoms with Crippen molar-refractivity contribution in [2.24, 2.45) is 46.8 Å². The number of nitrogens with one attached hydrogen (secondary N) is 1. The summed E-state index contributed by atoms with van der Waals surface area (Å²) in [7, 11) is -1.68. The molecule has 0 amide bonds. The topological polar surface area (TPSA) is 21.3 Å². The molecule has 0 aromatic carbocycles. The smallest absolute Gasteiger partial charge is 0.126 e. The Morgan fingerprint density at radius 3 is 1.90 bits per heavy atom. The molecule has 0 aromatic rings. The number of ether oxygens (including phenoxy) is 1. The molecule has 40 heavy (non-hydrogen) atoms. The predicted molar refractivity (Wildman–Crippen MR) is 179 cm³/mol. The summed E-state index contributed by atoms with van der Waals surface area (Å²) in [6.07, 6.45) is 17.4. The second-order valence-electron chi connectivity index (χ2n) is 18.5. The summed E-state index contributed by atoms with van der Waals surface area (Å²) in [5.74, 6) is 6.70. The van der Waals surface area contributed by atoms with Gasteiger partial charge in [-0.2, -0.15) is 0 Å². The van der Waals surface area contributed by atoms with Gasteiger partial charge >= 0.3 is 0 Å². The highest BCUT2D eigenvalue weighted by Gasteiger charge is 2.57. The van der Waals surface area contributed by atoms with Gasteiger partial charge in [0.05, 0.1) is 5.60 Å². The quantitative estimate of drug-likeness (QED) is 0.195. The number of hydrogen-bond acceptors (Lipinski definition) is 2. The Morgan fingerprint density at radius 2 is 1.35 bits per heavy atom. The lowest BCUT2D eigenvalue weighted by Gasteiger charge is -2.49. The minimum Gasteiger partial charge on any atom is -0.376 e. The predicted octanol–water partition coefficient (Wildman–Crippen LogP) is 11.3. The normalized spacial score (nSPS) is 33.7. The van der Waals surface area contributed by atoms with Crippen molar-refractivity contribution in [1.82, 2.24) is 4.98 Å². The third-order valence-corrected chi connectivity index (χ3v) is 16.7. The molecule has 3 rings (SSSR count). The maximum Gasteiger partial charge on any atom is 0.126 e. The number of unbranched alkanes of at least 4 members (excludes halogenated alkanes) is 3. The fourth-order valence-electron chi connectivity index (χ4n) is 10.0. The monoisotopic (exact) mass is 576 g/mol. The molecule has 6 unspecified atom stereocenters. The van der Waals surface area contributed by atoms with E-state index in [0.717, 1.165) is 53.6 Å². The SMILES string of the molecule is CC(C)C1CC2C(C3CCC(C(C)(C)C)CC3)CCCC2C1[Si](C)(CCCCCCOC(C)(C)C)NC(C)(C)C. The summed E-state index contributed by atoms with van der Waals surface area (Å²) in [6, 6.07) is 1.46. The van der Waals surface area contributed by atoms with Crippen LogP contribution < -0.4 is 4.98 Å². The van der Waals surface area contributed by atoms with Gasteiger partial charge in [0.1, 0.15) is 8.24 Å². The summed E-state index contributed by atoms with van der Waals surface area (Å²) in [5.41, 5.74) is 1.65. The van der Waals surface area contributed by atoms with Crippen LogP contribution in [0.2, 0.25) is 18.1 Å². The van der Waals surface area contributed by atoms with Crippen LogP contribution in [0.5, 0.6) is 0 Å². The molecular formula is C37H73NOSi. The first-order valence-electron chi connectivity index (χ1n) is 17.8. The van der Waals surface area contributed by atoms with E-state index >= 15 is 0 Å². The summed E-state index contributed by atoms with van der Waals surface area (Å²) in [5, 5.41) is 0. The first-order valence-corrected chi connectivity index (χ1v) is 20.6. The first-order chi connectivity index (χ1) is 18.4. The van der Waals surface area contributed by atoms with Crippen LogP contribution in [-0.2, 0) is 4.74 Å². The standard InChI is InChI=1S/C37H73NOSi/c1-27(2)32-26-33-30(28-20-22-29(23-21-28)35(3,4)5)18-17-19-31(33)34(32)40(12,38-36(6,7)8)25-16-14-13-15-24-39-37(9,10)11/h27-34,38H,13-26H2,1-12H3. The lowest BCUT2D eigenvalue weighted by Crippen LogP contribution is -2.61. The van der Waals surface area contributed by atoms with E-state index in [1.165, 1.54) is 83.1 Å². The summed E-state index contributed by atoms with van der Waals surface area (Å²) < 4.78 is 6.00. The van der Waals surface area contributed by atoms with E-state index in [2.05, 4.69) is 87.7 Å². The van der Waals surface area contributed by atoms with Crippen LogP contribution in [0, 0.1) is 46.8 Å². The van der Waals surface area contributed by atoms with E-state index in [1.54, 1.807) is 0 Å². The minimum absolute atomic E-state index is 0.00321.